The van der Waals surface area contributed by atoms with Gasteiger partial charge in [-0.3, -0.25) is 9.80 Å². The molecule has 0 atom stereocenters. The van der Waals surface area contributed by atoms with Gasteiger partial charge in [0.15, 0.2) is 0 Å². The summed E-state index contributed by atoms with van der Waals surface area (Å²) >= 11 is 0. The van der Waals surface area contributed by atoms with Gasteiger partial charge in [-0.2, -0.15) is 0 Å². The Balaban J connectivity index is 1.55. The Labute approximate surface area is 156 Å². The van der Waals surface area contributed by atoms with Crippen molar-refractivity contribution in [3.05, 3.63) is 54.4 Å². The summed E-state index contributed by atoms with van der Waals surface area (Å²) in [6.45, 7) is 10.1. The molecule has 0 radical (unpaired) electrons. The molecule has 1 fully saturated rings. The molecule has 2 aromatic carbocycles. The van der Waals surface area contributed by atoms with Crippen LogP contribution in [0.15, 0.2) is 48.7 Å². The van der Waals surface area contributed by atoms with Crippen LogP contribution in [0, 0.1) is 0 Å². The normalized spacial score (nSPS) is 16.6. The second kappa shape index (κ2) is 7.22. The molecule has 0 spiro atoms. The number of hydrogen-bond acceptors (Lipinski definition) is 3. The number of aromatic nitrogens is 2. The standard InChI is InChI=1S/C22H28N4/c1-17(2)26-13-11-25(12-14-26)16-19-15-23-22(24(19)3)21-10-6-8-18-7-4-5-9-20(18)21/h4-10,15,17H,11-14,16H2,1-3H3. The third kappa shape index (κ3) is 3.27. The lowest BCUT2D eigenvalue weighted by atomic mass is 10.0. The molecule has 136 valence electrons. The van der Waals surface area contributed by atoms with Gasteiger partial charge in [0.2, 0.25) is 0 Å². The van der Waals surface area contributed by atoms with Crippen LogP contribution in [-0.2, 0) is 13.6 Å². The molecule has 1 aliphatic heterocycles. The van der Waals surface area contributed by atoms with Gasteiger partial charge < -0.3 is 4.57 Å². The fourth-order valence-electron chi connectivity index (χ4n) is 3.93. The number of nitrogens with zero attached hydrogens (tertiary/aromatic N) is 4. The highest BCUT2D eigenvalue weighted by molar-refractivity contribution is 5.95. The molecule has 0 amide bonds. The minimum absolute atomic E-state index is 0.645. The Hall–Kier alpha value is -2.17. The van der Waals surface area contributed by atoms with Gasteiger partial charge in [0.25, 0.3) is 0 Å². The lowest BCUT2D eigenvalue weighted by molar-refractivity contribution is 0.102. The number of hydrogen-bond donors (Lipinski definition) is 0. The molecule has 0 unspecified atom stereocenters. The average molecular weight is 348 g/mol. The van der Waals surface area contributed by atoms with Gasteiger partial charge >= 0.3 is 0 Å². The topological polar surface area (TPSA) is 24.3 Å². The summed E-state index contributed by atoms with van der Waals surface area (Å²) < 4.78 is 2.26. The van der Waals surface area contributed by atoms with Crippen LogP contribution >= 0.6 is 0 Å². The molecule has 4 heteroatoms. The highest BCUT2D eigenvalue weighted by atomic mass is 15.3. The zero-order valence-electron chi connectivity index (χ0n) is 16.0. The van der Waals surface area contributed by atoms with Crippen molar-refractivity contribution in [1.29, 1.82) is 0 Å². The lowest BCUT2D eigenvalue weighted by Gasteiger charge is -2.36. The highest BCUT2D eigenvalue weighted by Crippen LogP contribution is 2.28. The fraction of sp³-hybridized carbons (Fsp3) is 0.409. The highest BCUT2D eigenvalue weighted by Gasteiger charge is 2.20. The van der Waals surface area contributed by atoms with E-state index in [1.165, 1.54) is 22.0 Å². The molecular weight excluding hydrogens is 320 g/mol. The van der Waals surface area contributed by atoms with Gasteiger partial charge in [-0.05, 0) is 24.6 Å². The van der Waals surface area contributed by atoms with Crippen LogP contribution in [0.2, 0.25) is 0 Å². The van der Waals surface area contributed by atoms with Crippen LogP contribution in [0.3, 0.4) is 0 Å². The third-order valence-corrected chi connectivity index (χ3v) is 5.64. The molecule has 3 aromatic rings. The molecule has 1 aromatic heterocycles. The summed E-state index contributed by atoms with van der Waals surface area (Å²) in [5, 5.41) is 2.53. The molecule has 0 N–H and O–H groups in total. The van der Waals surface area contributed by atoms with E-state index in [0.717, 1.165) is 38.5 Å². The van der Waals surface area contributed by atoms with Crippen LogP contribution in [0.1, 0.15) is 19.5 Å². The van der Waals surface area contributed by atoms with E-state index in [-0.39, 0.29) is 0 Å². The van der Waals surface area contributed by atoms with Crippen molar-refractivity contribution in [2.45, 2.75) is 26.4 Å². The van der Waals surface area contributed by atoms with Gasteiger partial charge in [0, 0.05) is 51.4 Å². The quantitative estimate of drug-likeness (QED) is 0.717. The Morgan fingerprint density at radius 3 is 2.46 bits per heavy atom. The van der Waals surface area contributed by atoms with Gasteiger partial charge in [-0.25, -0.2) is 4.98 Å². The molecule has 2 heterocycles. The van der Waals surface area contributed by atoms with Crippen LogP contribution < -0.4 is 0 Å². The Morgan fingerprint density at radius 1 is 0.962 bits per heavy atom. The first-order valence-electron chi connectivity index (χ1n) is 9.58. The first-order chi connectivity index (χ1) is 12.6. The van der Waals surface area contributed by atoms with Crippen LogP contribution in [-0.4, -0.2) is 51.6 Å². The summed E-state index contributed by atoms with van der Waals surface area (Å²) in [4.78, 5) is 9.87. The molecule has 1 saturated heterocycles. The Morgan fingerprint density at radius 2 is 1.69 bits per heavy atom. The number of benzene rings is 2. The minimum Gasteiger partial charge on any atom is -0.330 e. The van der Waals surface area contributed by atoms with Crippen molar-refractivity contribution >= 4 is 10.8 Å². The Bertz CT molecular complexity index is 883. The van der Waals surface area contributed by atoms with E-state index in [2.05, 4.69) is 77.7 Å². The van der Waals surface area contributed by atoms with Gasteiger partial charge in [0.05, 0.1) is 11.9 Å². The predicted molar refractivity (Wildman–Crippen MR) is 108 cm³/mol. The van der Waals surface area contributed by atoms with Crippen molar-refractivity contribution in [2.75, 3.05) is 26.2 Å². The zero-order valence-corrected chi connectivity index (χ0v) is 16.0. The van der Waals surface area contributed by atoms with Crippen molar-refractivity contribution in [3.63, 3.8) is 0 Å². The van der Waals surface area contributed by atoms with E-state index >= 15 is 0 Å². The van der Waals surface area contributed by atoms with Crippen molar-refractivity contribution in [1.82, 2.24) is 19.4 Å². The maximum atomic E-state index is 4.77. The predicted octanol–water partition coefficient (Wildman–Crippen LogP) is 3.77. The minimum atomic E-state index is 0.645. The van der Waals surface area contributed by atoms with Gasteiger partial charge in [-0.1, -0.05) is 42.5 Å². The molecule has 4 nitrogen and oxygen atoms in total. The smallest absolute Gasteiger partial charge is 0.140 e. The first kappa shape index (κ1) is 17.3. The Kier molecular flexibility index (Phi) is 4.79. The summed E-state index contributed by atoms with van der Waals surface area (Å²) in [5.41, 5.74) is 2.49. The molecule has 0 bridgehead atoms. The van der Waals surface area contributed by atoms with E-state index in [0.29, 0.717) is 6.04 Å². The summed E-state index contributed by atoms with van der Waals surface area (Å²) in [7, 11) is 2.14. The monoisotopic (exact) mass is 348 g/mol. The third-order valence-electron chi connectivity index (χ3n) is 5.64. The van der Waals surface area contributed by atoms with Crippen molar-refractivity contribution < 1.29 is 0 Å². The van der Waals surface area contributed by atoms with Crippen LogP contribution in [0.4, 0.5) is 0 Å². The lowest BCUT2D eigenvalue weighted by Crippen LogP contribution is -2.48. The van der Waals surface area contributed by atoms with E-state index in [4.69, 9.17) is 4.98 Å². The van der Waals surface area contributed by atoms with E-state index in [1.54, 1.807) is 0 Å². The summed E-state index contributed by atoms with van der Waals surface area (Å²) in [6, 6.07) is 15.6. The second-order valence-corrected chi connectivity index (χ2v) is 7.56. The van der Waals surface area contributed by atoms with Crippen molar-refractivity contribution in [3.8, 4) is 11.4 Å². The van der Waals surface area contributed by atoms with Gasteiger partial charge in [0.1, 0.15) is 5.82 Å². The van der Waals surface area contributed by atoms with Gasteiger partial charge in [-0.15, -0.1) is 0 Å². The van der Waals surface area contributed by atoms with Crippen molar-refractivity contribution in [2.24, 2.45) is 7.05 Å². The maximum absolute atomic E-state index is 4.77. The molecule has 1 aliphatic rings. The number of fused-ring (bicyclic) bond motifs is 1. The SMILES string of the molecule is CC(C)N1CCN(Cc2cnc(-c3cccc4ccccc34)n2C)CC1. The summed E-state index contributed by atoms with van der Waals surface area (Å²) in [5.74, 6) is 1.05. The number of rotatable bonds is 4. The van der Waals surface area contributed by atoms with E-state index in [9.17, 15) is 0 Å². The van der Waals surface area contributed by atoms with Crippen LogP contribution in [0.5, 0.6) is 0 Å². The molecule has 26 heavy (non-hydrogen) atoms. The van der Waals surface area contributed by atoms with Crippen LogP contribution in [0.25, 0.3) is 22.2 Å². The second-order valence-electron chi connectivity index (χ2n) is 7.56. The number of imidazole rings is 1. The maximum Gasteiger partial charge on any atom is 0.140 e. The van der Waals surface area contributed by atoms with E-state index in [1.807, 2.05) is 6.20 Å². The summed E-state index contributed by atoms with van der Waals surface area (Å²) in [6.07, 6.45) is 2.05. The molecule has 4 rings (SSSR count). The molecular formula is C22H28N4. The molecule has 0 aliphatic carbocycles. The first-order valence-corrected chi connectivity index (χ1v) is 9.58. The van der Waals surface area contributed by atoms with E-state index < -0.39 is 0 Å². The molecule has 0 saturated carbocycles. The number of piperazine rings is 1. The average Bonchev–Trinajstić information content (AvgIpc) is 3.02. The largest absolute Gasteiger partial charge is 0.330 e. The zero-order chi connectivity index (χ0) is 18.1. The fourth-order valence-corrected chi connectivity index (χ4v) is 3.93.